The van der Waals surface area contributed by atoms with E-state index in [1.165, 1.54) is 0 Å². The average Bonchev–Trinajstić information content (AvgIpc) is 2.38. The van der Waals surface area contributed by atoms with E-state index in [4.69, 9.17) is 5.84 Å². The monoisotopic (exact) mass is 303 g/mol. The first-order valence-corrected chi connectivity index (χ1v) is 5.76. The first-order chi connectivity index (χ1) is 9.82. The first kappa shape index (κ1) is 15.3. The fourth-order valence-corrected chi connectivity index (χ4v) is 1.98. The van der Waals surface area contributed by atoms with Gasteiger partial charge in [-0.2, -0.15) is 13.2 Å². The van der Waals surface area contributed by atoms with E-state index in [1.807, 2.05) is 0 Å². The molecule has 2 aromatic rings. The number of hydrazine groups is 1. The summed E-state index contributed by atoms with van der Waals surface area (Å²) in [6, 6.07) is 1.74. The van der Waals surface area contributed by atoms with E-state index in [2.05, 4.69) is 10.4 Å². The van der Waals surface area contributed by atoms with Crippen molar-refractivity contribution in [2.75, 3.05) is 0 Å². The lowest BCUT2D eigenvalue weighted by molar-refractivity contribution is -0.138. The Labute approximate surface area is 116 Å². The highest BCUT2D eigenvalue weighted by molar-refractivity contribution is 5.38. The van der Waals surface area contributed by atoms with Gasteiger partial charge in [0.15, 0.2) is 0 Å². The smallest absolute Gasteiger partial charge is 0.271 e. The van der Waals surface area contributed by atoms with Gasteiger partial charge in [-0.3, -0.25) is 10.8 Å². The quantitative estimate of drug-likeness (QED) is 0.521. The summed E-state index contributed by atoms with van der Waals surface area (Å²) in [7, 11) is 0. The van der Waals surface area contributed by atoms with Crippen LogP contribution in [0.2, 0.25) is 0 Å². The Balaban J connectivity index is 2.59. The highest BCUT2D eigenvalue weighted by Crippen LogP contribution is 2.36. The fourth-order valence-electron chi connectivity index (χ4n) is 1.98. The van der Waals surface area contributed by atoms with E-state index in [0.717, 1.165) is 18.5 Å². The number of nitrogens with zero attached hydrogens (tertiary/aromatic N) is 1. The first-order valence-electron chi connectivity index (χ1n) is 5.76. The predicted octanol–water partition coefficient (Wildman–Crippen LogP) is 2.93. The van der Waals surface area contributed by atoms with Gasteiger partial charge in [-0.25, -0.2) is 14.2 Å². The molecule has 0 spiro atoms. The molecule has 8 heteroatoms. The van der Waals surface area contributed by atoms with E-state index >= 15 is 0 Å². The zero-order valence-electron chi connectivity index (χ0n) is 10.5. The molecule has 0 radical (unpaired) electrons. The van der Waals surface area contributed by atoms with Crippen LogP contribution in [0.1, 0.15) is 22.7 Å². The number of hydrogen-bond acceptors (Lipinski definition) is 3. The van der Waals surface area contributed by atoms with Gasteiger partial charge in [0.25, 0.3) is 0 Å². The summed E-state index contributed by atoms with van der Waals surface area (Å²) in [5.41, 5.74) is 0.672. The molecule has 1 heterocycles. The van der Waals surface area contributed by atoms with Crippen molar-refractivity contribution in [1.29, 1.82) is 0 Å². The maximum Gasteiger partial charge on any atom is 0.416 e. The Kier molecular flexibility index (Phi) is 4.19. The number of aromatic nitrogens is 1. The molecular weight excluding hydrogens is 293 g/mol. The molecule has 3 N–H and O–H groups in total. The van der Waals surface area contributed by atoms with Gasteiger partial charge in [0, 0.05) is 6.20 Å². The van der Waals surface area contributed by atoms with Crippen molar-refractivity contribution in [2.45, 2.75) is 12.2 Å². The molecule has 1 aromatic heterocycles. The number of halogens is 5. The summed E-state index contributed by atoms with van der Waals surface area (Å²) in [5.74, 6) is 3.66. The minimum Gasteiger partial charge on any atom is -0.271 e. The normalized spacial score (nSPS) is 13.2. The Morgan fingerprint density at radius 3 is 2.33 bits per heavy atom. The standard InChI is InChI=1S/C13H10F5N3/c14-8-1-2-11(13(16,17)18)10(4-8)12(21-19)7-3-9(15)6-20-5-7/h1-6,12,21H,19H2. The number of benzene rings is 1. The second-order valence-electron chi connectivity index (χ2n) is 4.27. The third-order valence-electron chi connectivity index (χ3n) is 2.86. The zero-order chi connectivity index (χ0) is 15.6. The second-order valence-corrected chi connectivity index (χ2v) is 4.27. The van der Waals surface area contributed by atoms with Gasteiger partial charge >= 0.3 is 6.18 Å². The molecule has 0 saturated carbocycles. The molecule has 1 aromatic carbocycles. The largest absolute Gasteiger partial charge is 0.416 e. The molecule has 21 heavy (non-hydrogen) atoms. The average molecular weight is 303 g/mol. The van der Waals surface area contributed by atoms with Crippen LogP contribution in [0.25, 0.3) is 0 Å². The highest BCUT2D eigenvalue weighted by Gasteiger charge is 2.35. The fraction of sp³-hybridized carbons (Fsp3) is 0.154. The van der Waals surface area contributed by atoms with Crippen LogP contribution in [0.3, 0.4) is 0 Å². The number of alkyl halides is 3. The summed E-state index contributed by atoms with van der Waals surface area (Å²) in [5, 5.41) is 0. The van der Waals surface area contributed by atoms with Gasteiger partial charge in [0.05, 0.1) is 17.8 Å². The van der Waals surface area contributed by atoms with Crippen molar-refractivity contribution in [3.63, 3.8) is 0 Å². The second kappa shape index (κ2) is 5.74. The molecule has 0 fully saturated rings. The molecule has 2 rings (SSSR count). The van der Waals surface area contributed by atoms with E-state index in [1.54, 1.807) is 0 Å². The number of rotatable bonds is 3. The van der Waals surface area contributed by atoms with E-state index in [-0.39, 0.29) is 5.56 Å². The van der Waals surface area contributed by atoms with Crippen molar-refractivity contribution in [3.8, 4) is 0 Å². The lowest BCUT2D eigenvalue weighted by atomic mass is 9.95. The van der Waals surface area contributed by atoms with Crippen LogP contribution in [0, 0.1) is 11.6 Å². The van der Waals surface area contributed by atoms with Crippen LogP contribution >= 0.6 is 0 Å². The van der Waals surface area contributed by atoms with Crippen molar-refractivity contribution < 1.29 is 22.0 Å². The molecule has 3 nitrogen and oxygen atoms in total. The zero-order valence-corrected chi connectivity index (χ0v) is 10.5. The Bertz CT molecular complexity index is 642. The summed E-state index contributed by atoms with van der Waals surface area (Å²) < 4.78 is 65.4. The Morgan fingerprint density at radius 2 is 1.76 bits per heavy atom. The third-order valence-corrected chi connectivity index (χ3v) is 2.86. The van der Waals surface area contributed by atoms with E-state index in [9.17, 15) is 22.0 Å². The van der Waals surface area contributed by atoms with Crippen LogP contribution in [-0.4, -0.2) is 4.98 Å². The molecule has 0 aliphatic heterocycles. The molecule has 0 saturated heterocycles. The van der Waals surface area contributed by atoms with Gasteiger partial charge < -0.3 is 0 Å². The predicted molar refractivity (Wildman–Crippen MR) is 64.8 cm³/mol. The maximum absolute atomic E-state index is 13.3. The van der Waals surface area contributed by atoms with Gasteiger partial charge in [0.2, 0.25) is 0 Å². The molecule has 0 bridgehead atoms. The van der Waals surface area contributed by atoms with Gasteiger partial charge in [-0.15, -0.1) is 0 Å². The molecule has 0 aliphatic rings. The van der Waals surface area contributed by atoms with Crippen LogP contribution in [-0.2, 0) is 6.18 Å². The summed E-state index contributed by atoms with van der Waals surface area (Å²) in [6.07, 6.45) is -2.65. The number of nitrogens with two attached hydrogens (primary N) is 1. The van der Waals surface area contributed by atoms with Crippen molar-refractivity contribution in [3.05, 3.63) is 65.0 Å². The van der Waals surface area contributed by atoms with Gasteiger partial charge in [-0.05, 0) is 35.4 Å². The van der Waals surface area contributed by atoms with E-state index in [0.29, 0.717) is 18.2 Å². The molecule has 0 aliphatic carbocycles. The molecular formula is C13H10F5N3. The van der Waals surface area contributed by atoms with Crippen LogP contribution < -0.4 is 11.3 Å². The molecule has 0 amide bonds. The Hall–Kier alpha value is -2.06. The van der Waals surface area contributed by atoms with Crippen LogP contribution in [0.5, 0.6) is 0 Å². The highest BCUT2D eigenvalue weighted by atomic mass is 19.4. The molecule has 112 valence electrons. The van der Waals surface area contributed by atoms with E-state index < -0.39 is 35.0 Å². The number of pyridine rings is 1. The lowest BCUT2D eigenvalue weighted by Crippen LogP contribution is -2.31. The topological polar surface area (TPSA) is 50.9 Å². The summed E-state index contributed by atoms with van der Waals surface area (Å²) in [6.45, 7) is 0. The molecule has 1 atom stereocenters. The SMILES string of the molecule is NNC(c1cncc(F)c1)c1cc(F)ccc1C(F)(F)F. The summed E-state index contributed by atoms with van der Waals surface area (Å²) >= 11 is 0. The minimum absolute atomic E-state index is 0.0496. The van der Waals surface area contributed by atoms with Gasteiger partial charge in [-0.1, -0.05) is 0 Å². The number of nitrogens with one attached hydrogen (secondary N) is 1. The van der Waals surface area contributed by atoms with Gasteiger partial charge in [0.1, 0.15) is 11.6 Å². The molecule has 1 unspecified atom stereocenters. The van der Waals surface area contributed by atoms with Crippen LogP contribution in [0.4, 0.5) is 22.0 Å². The lowest BCUT2D eigenvalue weighted by Gasteiger charge is -2.21. The van der Waals surface area contributed by atoms with Crippen molar-refractivity contribution >= 4 is 0 Å². The van der Waals surface area contributed by atoms with Crippen molar-refractivity contribution in [2.24, 2.45) is 5.84 Å². The summed E-state index contributed by atoms with van der Waals surface area (Å²) in [4.78, 5) is 3.55. The van der Waals surface area contributed by atoms with Crippen LogP contribution in [0.15, 0.2) is 36.7 Å². The maximum atomic E-state index is 13.3. The Morgan fingerprint density at radius 1 is 1.05 bits per heavy atom. The minimum atomic E-state index is -4.70. The van der Waals surface area contributed by atoms with Crippen molar-refractivity contribution in [1.82, 2.24) is 10.4 Å². The number of hydrogen-bond donors (Lipinski definition) is 2. The third kappa shape index (κ3) is 3.34.